The minimum Gasteiger partial charge on any atom is -0.481 e. The van der Waals surface area contributed by atoms with E-state index in [1.165, 1.54) is 11.3 Å². The molecule has 1 aromatic heterocycles. The summed E-state index contributed by atoms with van der Waals surface area (Å²) in [5.74, 6) is -0.868. The Kier molecular flexibility index (Phi) is 4.26. The van der Waals surface area contributed by atoms with Crippen molar-refractivity contribution < 1.29 is 9.90 Å². The second kappa shape index (κ2) is 5.47. The Bertz CT molecular complexity index is 403. The van der Waals surface area contributed by atoms with Crippen LogP contribution in [0.3, 0.4) is 0 Å². The molecule has 0 saturated heterocycles. The number of hydrogen-bond acceptors (Lipinski definition) is 5. The van der Waals surface area contributed by atoms with Gasteiger partial charge in [0.15, 0.2) is 5.13 Å². The molecule has 0 aromatic carbocycles. The molecule has 16 heavy (non-hydrogen) atoms. The van der Waals surface area contributed by atoms with Crippen molar-refractivity contribution in [1.29, 1.82) is 5.26 Å². The highest BCUT2D eigenvalue weighted by atomic mass is 32.1. The van der Waals surface area contributed by atoms with Gasteiger partial charge in [0.1, 0.15) is 6.54 Å². The van der Waals surface area contributed by atoms with E-state index in [9.17, 15) is 4.79 Å². The lowest BCUT2D eigenvalue weighted by molar-refractivity contribution is -0.136. The van der Waals surface area contributed by atoms with Crippen molar-refractivity contribution in [3.8, 4) is 6.07 Å². The lowest BCUT2D eigenvalue weighted by atomic mass is 10.4. The van der Waals surface area contributed by atoms with Crippen molar-refractivity contribution in [1.82, 2.24) is 4.98 Å². The van der Waals surface area contributed by atoms with Crippen LogP contribution in [0.5, 0.6) is 0 Å². The molecule has 0 fully saturated rings. The average Bonchev–Trinajstić information content (AvgIpc) is 2.53. The molecule has 0 spiro atoms. The highest BCUT2D eigenvalue weighted by Crippen LogP contribution is 2.24. The van der Waals surface area contributed by atoms with Gasteiger partial charge in [-0.15, -0.1) is 11.3 Å². The number of aliphatic carboxylic acids is 1. The number of aromatic nitrogens is 1. The van der Waals surface area contributed by atoms with Crippen LogP contribution < -0.4 is 4.90 Å². The van der Waals surface area contributed by atoms with E-state index >= 15 is 0 Å². The maximum absolute atomic E-state index is 10.5. The van der Waals surface area contributed by atoms with Crippen LogP contribution in [0.25, 0.3) is 0 Å². The Hall–Kier alpha value is -1.61. The summed E-state index contributed by atoms with van der Waals surface area (Å²) >= 11 is 1.48. The SMILES string of the molecule is Cc1nc(N(CC#N)CCC(=O)O)sc1C. The molecular weight excluding hydrogens is 226 g/mol. The zero-order chi connectivity index (χ0) is 12.1. The van der Waals surface area contributed by atoms with Gasteiger partial charge in [0.2, 0.25) is 0 Å². The monoisotopic (exact) mass is 239 g/mol. The van der Waals surface area contributed by atoms with Crippen molar-refractivity contribution in [2.45, 2.75) is 20.3 Å². The van der Waals surface area contributed by atoms with Crippen molar-refractivity contribution in [2.75, 3.05) is 18.0 Å². The quantitative estimate of drug-likeness (QED) is 0.789. The maximum atomic E-state index is 10.5. The molecule has 1 heterocycles. The van der Waals surface area contributed by atoms with Gasteiger partial charge in [-0.3, -0.25) is 4.79 Å². The van der Waals surface area contributed by atoms with Gasteiger partial charge in [-0.2, -0.15) is 5.26 Å². The first-order valence-corrected chi connectivity index (χ1v) is 5.64. The summed E-state index contributed by atoms with van der Waals surface area (Å²) in [6.07, 6.45) is 0.0132. The van der Waals surface area contributed by atoms with Gasteiger partial charge in [0, 0.05) is 11.4 Å². The molecule has 0 atom stereocenters. The average molecular weight is 239 g/mol. The fourth-order valence-electron chi connectivity index (χ4n) is 1.15. The number of nitrogens with zero attached hydrogens (tertiary/aromatic N) is 3. The highest BCUT2D eigenvalue weighted by Gasteiger charge is 2.13. The number of hydrogen-bond donors (Lipinski definition) is 1. The number of carbonyl (C=O) groups is 1. The van der Waals surface area contributed by atoms with Crippen LogP contribution in [0.1, 0.15) is 17.0 Å². The summed E-state index contributed by atoms with van der Waals surface area (Å²) in [6, 6.07) is 2.02. The van der Waals surface area contributed by atoms with E-state index in [0.717, 1.165) is 15.7 Å². The van der Waals surface area contributed by atoms with E-state index in [-0.39, 0.29) is 13.0 Å². The van der Waals surface area contributed by atoms with Gasteiger partial charge >= 0.3 is 5.97 Å². The van der Waals surface area contributed by atoms with Gasteiger partial charge < -0.3 is 10.0 Å². The molecule has 0 bridgehead atoms. The van der Waals surface area contributed by atoms with Crippen LogP contribution in [-0.4, -0.2) is 29.1 Å². The van der Waals surface area contributed by atoms with Crippen molar-refractivity contribution in [3.63, 3.8) is 0 Å². The predicted molar refractivity (Wildman–Crippen MR) is 61.7 cm³/mol. The smallest absolute Gasteiger partial charge is 0.305 e. The summed E-state index contributed by atoms with van der Waals surface area (Å²) in [7, 11) is 0. The molecule has 6 heteroatoms. The first-order chi connectivity index (χ1) is 7.54. The Morgan fingerprint density at radius 1 is 1.62 bits per heavy atom. The molecule has 0 radical (unpaired) electrons. The maximum Gasteiger partial charge on any atom is 0.305 e. The number of aryl methyl sites for hydroxylation is 2. The van der Waals surface area contributed by atoms with E-state index in [0.29, 0.717) is 6.54 Å². The topological polar surface area (TPSA) is 77.2 Å². The molecule has 0 unspecified atom stereocenters. The van der Waals surface area contributed by atoms with Crippen molar-refractivity contribution >= 4 is 22.4 Å². The summed E-state index contributed by atoms with van der Waals surface area (Å²) < 4.78 is 0. The van der Waals surface area contributed by atoms with Crippen LogP contribution in [0.4, 0.5) is 5.13 Å². The van der Waals surface area contributed by atoms with Crippen molar-refractivity contribution in [3.05, 3.63) is 10.6 Å². The summed E-state index contributed by atoms with van der Waals surface area (Å²) in [6.45, 7) is 4.34. The van der Waals surface area contributed by atoms with Crippen LogP contribution in [0.15, 0.2) is 0 Å². The zero-order valence-electron chi connectivity index (χ0n) is 9.23. The molecule has 0 aliphatic carbocycles. The number of nitriles is 1. The molecule has 1 N–H and O–H groups in total. The Morgan fingerprint density at radius 2 is 2.31 bits per heavy atom. The van der Waals surface area contributed by atoms with Gasteiger partial charge in [0.25, 0.3) is 0 Å². The summed E-state index contributed by atoms with van der Waals surface area (Å²) in [4.78, 5) is 17.6. The molecule has 1 rings (SSSR count). The zero-order valence-corrected chi connectivity index (χ0v) is 10.0. The first kappa shape index (κ1) is 12.5. The van der Waals surface area contributed by atoms with E-state index in [4.69, 9.17) is 10.4 Å². The van der Waals surface area contributed by atoms with Gasteiger partial charge in [-0.05, 0) is 13.8 Å². The van der Waals surface area contributed by atoms with Crippen LogP contribution >= 0.6 is 11.3 Å². The van der Waals surface area contributed by atoms with E-state index < -0.39 is 5.97 Å². The molecule has 0 aliphatic heterocycles. The Balaban J connectivity index is 2.77. The summed E-state index contributed by atoms with van der Waals surface area (Å²) in [5.41, 5.74) is 0.929. The predicted octanol–water partition coefficient (Wildman–Crippen LogP) is 1.56. The first-order valence-electron chi connectivity index (χ1n) is 4.82. The molecule has 0 saturated carbocycles. The largest absolute Gasteiger partial charge is 0.481 e. The van der Waals surface area contributed by atoms with Crippen LogP contribution in [-0.2, 0) is 4.79 Å². The molecule has 0 aliphatic rings. The second-order valence-corrected chi connectivity index (χ2v) is 4.54. The van der Waals surface area contributed by atoms with Gasteiger partial charge in [-0.25, -0.2) is 4.98 Å². The Morgan fingerprint density at radius 3 is 2.75 bits per heavy atom. The van der Waals surface area contributed by atoms with E-state index in [1.54, 1.807) is 4.90 Å². The minimum atomic E-state index is -0.868. The second-order valence-electron chi connectivity index (χ2n) is 3.36. The number of thiazole rings is 1. The summed E-state index contributed by atoms with van der Waals surface area (Å²) in [5, 5.41) is 18.0. The molecule has 86 valence electrons. The molecular formula is C10H13N3O2S. The lowest BCUT2D eigenvalue weighted by Gasteiger charge is -2.16. The standard InChI is InChI=1S/C10H13N3O2S/c1-7-8(2)16-10(12-7)13(6-4-11)5-3-9(14)15/h3,5-6H2,1-2H3,(H,14,15). The van der Waals surface area contributed by atoms with E-state index in [2.05, 4.69) is 4.98 Å². The van der Waals surface area contributed by atoms with E-state index in [1.807, 2.05) is 19.9 Å². The fourth-order valence-corrected chi connectivity index (χ4v) is 2.08. The van der Waals surface area contributed by atoms with Gasteiger partial charge in [0.05, 0.1) is 18.2 Å². The molecule has 5 nitrogen and oxygen atoms in total. The lowest BCUT2D eigenvalue weighted by Crippen LogP contribution is -2.26. The van der Waals surface area contributed by atoms with Crippen molar-refractivity contribution in [2.24, 2.45) is 0 Å². The Labute approximate surface area is 98.0 Å². The molecule has 0 amide bonds. The molecule has 1 aromatic rings. The number of anilines is 1. The number of carboxylic acid groups (broad SMARTS) is 1. The van der Waals surface area contributed by atoms with Crippen LogP contribution in [0.2, 0.25) is 0 Å². The fraction of sp³-hybridized carbons (Fsp3) is 0.500. The normalized spacial score (nSPS) is 9.81. The third kappa shape index (κ3) is 3.21. The van der Waals surface area contributed by atoms with Gasteiger partial charge in [-0.1, -0.05) is 0 Å². The third-order valence-corrected chi connectivity index (χ3v) is 3.28. The van der Waals surface area contributed by atoms with Crippen LogP contribution in [0, 0.1) is 25.2 Å². The third-order valence-electron chi connectivity index (χ3n) is 2.14. The highest BCUT2D eigenvalue weighted by molar-refractivity contribution is 7.15. The minimum absolute atomic E-state index is 0.0132. The number of carboxylic acids is 1. The number of rotatable bonds is 5.